The zero-order valence-electron chi connectivity index (χ0n) is 11.5. The molecule has 7 heteroatoms. The number of rotatable bonds is 5. The van der Waals surface area contributed by atoms with Crippen molar-refractivity contribution in [2.75, 3.05) is 0 Å². The number of H-pyrrole nitrogens is 2. The molecule has 0 bridgehead atoms. The molecule has 2 rings (SSSR count). The average Bonchev–Trinajstić information content (AvgIpc) is 2.45. The third-order valence-electron chi connectivity index (χ3n) is 3.13. The summed E-state index contributed by atoms with van der Waals surface area (Å²) in [6.07, 6.45) is 4.18. The van der Waals surface area contributed by atoms with Crippen LogP contribution in [-0.2, 0) is 16.3 Å². The molecule has 21 heavy (non-hydrogen) atoms. The van der Waals surface area contributed by atoms with Crippen LogP contribution < -0.4 is 5.56 Å². The molecular weight excluding hydrogens is 308 g/mol. The minimum Gasteiger partial charge on any atom is -0.337 e. The van der Waals surface area contributed by atoms with Gasteiger partial charge in [-0.1, -0.05) is 25.5 Å². The summed E-state index contributed by atoms with van der Waals surface area (Å²) < 4.78 is 24.9. The molecule has 2 N–H and O–H groups in total. The molecule has 1 aromatic heterocycles. The molecule has 0 unspecified atom stereocenters. The predicted molar refractivity (Wildman–Crippen MR) is 82.8 cm³/mol. The van der Waals surface area contributed by atoms with Crippen molar-refractivity contribution in [3.63, 3.8) is 0 Å². The summed E-state index contributed by atoms with van der Waals surface area (Å²) in [6, 6.07) is 6.62. The van der Waals surface area contributed by atoms with E-state index >= 15 is 0 Å². The topological polar surface area (TPSA) is 82.8 Å². The third-order valence-corrected chi connectivity index (χ3v) is 5.12. The van der Waals surface area contributed by atoms with Crippen LogP contribution >= 0.6 is 12.2 Å². The zero-order chi connectivity index (χ0) is 15.5. The Morgan fingerprint density at radius 2 is 1.86 bits per heavy atom. The fraction of sp³-hybridized carbons (Fsp3) is 0.286. The lowest BCUT2D eigenvalue weighted by Gasteiger charge is -2.05. The molecule has 0 spiro atoms. The second kappa shape index (κ2) is 6.36. The molecule has 2 aromatic rings. The number of aromatic nitrogens is 2. The van der Waals surface area contributed by atoms with Crippen LogP contribution in [0.25, 0.3) is 0 Å². The van der Waals surface area contributed by atoms with Crippen LogP contribution in [0, 0.1) is 4.77 Å². The standard InChI is InChI=1S/C14H16N2O3S2/c1-2-3-4-10-5-7-11(8-6-10)21(18,19)12-9-15-14(20)16-13(12)17/h5-9H,2-4H2,1H3,(H2,15,16,17,20). The number of aryl methyl sites for hydroxylation is 1. The highest BCUT2D eigenvalue weighted by Gasteiger charge is 2.21. The summed E-state index contributed by atoms with van der Waals surface area (Å²) in [4.78, 5) is 16.3. The molecule has 0 fully saturated rings. The van der Waals surface area contributed by atoms with Crippen LogP contribution in [0.15, 0.2) is 45.0 Å². The van der Waals surface area contributed by atoms with Gasteiger partial charge >= 0.3 is 0 Å². The lowest BCUT2D eigenvalue weighted by atomic mass is 10.1. The summed E-state index contributed by atoms with van der Waals surface area (Å²) in [5.74, 6) is 0. The quantitative estimate of drug-likeness (QED) is 0.828. The van der Waals surface area contributed by atoms with Crippen molar-refractivity contribution in [1.29, 1.82) is 0 Å². The van der Waals surface area contributed by atoms with E-state index in [-0.39, 0.29) is 14.6 Å². The lowest BCUT2D eigenvalue weighted by Crippen LogP contribution is -2.18. The van der Waals surface area contributed by atoms with Gasteiger partial charge in [-0.05, 0) is 42.8 Å². The van der Waals surface area contributed by atoms with Crippen molar-refractivity contribution in [1.82, 2.24) is 9.97 Å². The van der Waals surface area contributed by atoms with Crippen molar-refractivity contribution >= 4 is 22.1 Å². The van der Waals surface area contributed by atoms with Gasteiger partial charge in [0.25, 0.3) is 5.56 Å². The van der Waals surface area contributed by atoms with E-state index in [1.54, 1.807) is 12.1 Å². The Labute approximate surface area is 128 Å². The number of hydrogen-bond acceptors (Lipinski definition) is 4. The molecule has 0 radical (unpaired) electrons. The molecule has 1 aromatic carbocycles. The highest BCUT2D eigenvalue weighted by Crippen LogP contribution is 2.18. The van der Waals surface area contributed by atoms with Gasteiger partial charge in [0, 0.05) is 6.20 Å². The van der Waals surface area contributed by atoms with Crippen LogP contribution in [0.1, 0.15) is 25.3 Å². The highest BCUT2D eigenvalue weighted by atomic mass is 32.2. The van der Waals surface area contributed by atoms with Gasteiger partial charge in [-0.25, -0.2) is 8.42 Å². The molecule has 0 saturated carbocycles. The van der Waals surface area contributed by atoms with Gasteiger partial charge in [0.2, 0.25) is 9.84 Å². The maximum absolute atomic E-state index is 12.4. The van der Waals surface area contributed by atoms with Crippen molar-refractivity contribution in [3.8, 4) is 0 Å². The van der Waals surface area contributed by atoms with Crippen molar-refractivity contribution in [2.24, 2.45) is 0 Å². The number of nitrogens with one attached hydrogen (secondary N) is 2. The number of hydrogen-bond donors (Lipinski definition) is 2. The zero-order valence-corrected chi connectivity index (χ0v) is 13.2. The molecule has 0 aliphatic heterocycles. The minimum absolute atomic E-state index is 0.0915. The second-order valence-electron chi connectivity index (χ2n) is 4.69. The van der Waals surface area contributed by atoms with Gasteiger partial charge in [0.1, 0.15) is 0 Å². The number of unbranched alkanes of at least 4 members (excludes halogenated alkanes) is 1. The highest BCUT2D eigenvalue weighted by molar-refractivity contribution is 7.91. The predicted octanol–water partition coefficient (Wildman–Crippen LogP) is 2.61. The lowest BCUT2D eigenvalue weighted by molar-refractivity contribution is 0.594. The Bertz CT molecular complexity index is 834. The Morgan fingerprint density at radius 3 is 2.43 bits per heavy atom. The van der Waals surface area contributed by atoms with Crippen molar-refractivity contribution in [2.45, 2.75) is 36.0 Å². The van der Waals surface area contributed by atoms with E-state index in [0.29, 0.717) is 0 Å². The first kappa shape index (κ1) is 15.7. The number of aromatic amines is 2. The fourth-order valence-corrected chi connectivity index (χ4v) is 3.35. The van der Waals surface area contributed by atoms with Crippen molar-refractivity contribution in [3.05, 3.63) is 51.2 Å². The summed E-state index contributed by atoms with van der Waals surface area (Å²) in [7, 11) is -3.84. The molecule has 0 aliphatic rings. The van der Waals surface area contributed by atoms with Crippen LogP contribution in [0.2, 0.25) is 0 Å². The second-order valence-corrected chi connectivity index (χ2v) is 7.01. The molecule has 0 atom stereocenters. The van der Waals surface area contributed by atoms with Gasteiger partial charge in [0.05, 0.1) is 4.90 Å². The van der Waals surface area contributed by atoms with E-state index in [9.17, 15) is 13.2 Å². The van der Waals surface area contributed by atoms with E-state index in [2.05, 4.69) is 16.9 Å². The first-order valence-electron chi connectivity index (χ1n) is 6.61. The molecule has 5 nitrogen and oxygen atoms in total. The van der Waals surface area contributed by atoms with Gasteiger partial charge in [-0.15, -0.1) is 0 Å². The first-order chi connectivity index (χ1) is 9.95. The SMILES string of the molecule is CCCCc1ccc(S(=O)(=O)c2c[nH]c(=S)[nH]c2=O)cc1. The Morgan fingerprint density at radius 1 is 1.19 bits per heavy atom. The summed E-state index contributed by atoms with van der Waals surface area (Å²) in [5.41, 5.74) is 0.367. The van der Waals surface area contributed by atoms with Gasteiger partial charge in [-0.2, -0.15) is 0 Å². The number of benzene rings is 1. The van der Waals surface area contributed by atoms with E-state index in [1.165, 1.54) is 12.1 Å². The Kier molecular flexibility index (Phi) is 4.74. The largest absolute Gasteiger partial charge is 0.337 e. The van der Waals surface area contributed by atoms with Gasteiger partial charge in [-0.3, -0.25) is 9.78 Å². The molecule has 0 amide bonds. The normalized spacial score (nSPS) is 11.5. The Balaban J connectivity index is 2.40. The smallest absolute Gasteiger partial charge is 0.270 e. The van der Waals surface area contributed by atoms with E-state index < -0.39 is 15.4 Å². The average molecular weight is 324 g/mol. The van der Waals surface area contributed by atoms with Crippen LogP contribution in [-0.4, -0.2) is 18.4 Å². The molecule has 112 valence electrons. The summed E-state index contributed by atoms with van der Waals surface area (Å²) in [6.45, 7) is 2.10. The molecule has 0 aliphatic carbocycles. The van der Waals surface area contributed by atoms with Gasteiger partial charge in [0.15, 0.2) is 9.67 Å². The molecule has 0 saturated heterocycles. The van der Waals surface area contributed by atoms with Crippen LogP contribution in [0.4, 0.5) is 0 Å². The van der Waals surface area contributed by atoms with Gasteiger partial charge < -0.3 is 4.98 Å². The first-order valence-corrected chi connectivity index (χ1v) is 8.50. The van der Waals surface area contributed by atoms with Crippen LogP contribution in [0.3, 0.4) is 0 Å². The monoisotopic (exact) mass is 324 g/mol. The van der Waals surface area contributed by atoms with E-state index in [1.807, 2.05) is 0 Å². The maximum Gasteiger partial charge on any atom is 0.270 e. The fourth-order valence-electron chi connectivity index (χ4n) is 1.94. The van der Waals surface area contributed by atoms with E-state index in [4.69, 9.17) is 12.2 Å². The molecular formula is C14H16N2O3S2. The van der Waals surface area contributed by atoms with Crippen LogP contribution in [0.5, 0.6) is 0 Å². The maximum atomic E-state index is 12.4. The minimum atomic E-state index is -3.84. The third kappa shape index (κ3) is 3.48. The summed E-state index contributed by atoms with van der Waals surface area (Å²) >= 11 is 4.75. The summed E-state index contributed by atoms with van der Waals surface area (Å²) in [5, 5.41) is 0. The number of sulfone groups is 1. The Hall–Kier alpha value is -1.73. The van der Waals surface area contributed by atoms with Crippen molar-refractivity contribution < 1.29 is 8.42 Å². The molecule has 1 heterocycles. The van der Waals surface area contributed by atoms with E-state index in [0.717, 1.165) is 31.0 Å².